The van der Waals surface area contributed by atoms with Crippen LogP contribution >= 0.6 is 0 Å². The predicted molar refractivity (Wildman–Crippen MR) is 93.4 cm³/mol. The topological polar surface area (TPSA) is 46.3 Å². The van der Waals surface area contributed by atoms with Crippen molar-refractivity contribution in [2.75, 3.05) is 11.4 Å². The highest BCUT2D eigenvalue weighted by Crippen LogP contribution is 2.43. The van der Waals surface area contributed by atoms with E-state index in [1.807, 2.05) is 0 Å². The van der Waals surface area contributed by atoms with Gasteiger partial charge >= 0.3 is 0 Å². The van der Waals surface area contributed by atoms with Crippen LogP contribution in [0.25, 0.3) is 0 Å². The van der Waals surface area contributed by atoms with E-state index in [1.165, 1.54) is 30.4 Å². The second-order valence-corrected chi connectivity index (χ2v) is 7.92. The number of benzene rings is 1. The van der Waals surface area contributed by atoms with E-state index >= 15 is 0 Å². The molecule has 1 heterocycles. The number of hydrogen-bond donors (Lipinski definition) is 1. The first-order chi connectivity index (χ1) is 11.1. The molecule has 0 aromatic heterocycles. The summed E-state index contributed by atoms with van der Waals surface area (Å²) in [4.78, 5) is 15.3. The molecule has 2 N–H and O–H groups in total. The van der Waals surface area contributed by atoms with Crippen LogP contribution in [0.15, 0.2) is 18.2 Å². The van der Waals surface area contributed by atoms with Gasteiger partial charge in [-0.15, -0.1) is 0 Å². The van der Waals surface area contributed by atoms with Gasteiger partial charge in [-0.2, -0.15) is 0 Å². The van der Waals surface area contributed by atoms with E-state index in [0.717, 1.165) is 37.9 Å². The molecule has 0 spiro atoms. The first-order valence-corrected chi connectivity index (χ1v) is 9.30. The highest BCUT2D eigenvalue weighted by molar-refractivity contribution is 5.96. The third kappa shape index (κ3) is 2.69. The number of aryl methyl sites for hydroxylation is 2. The molecule has 2 bridgehead atoms. The average molecular weight is 312 g/mol. The second kappa shape index (κ2) is 5.94. The minimum Gasteiger partial charge on any atom is -0.327 e. The lowest BCUT2D eigenvalue weighted by molar-refractivity contribution is -0.125. The van der Waals surface area contributed by atoms with Gasteiger partial charge in [0.1, 0.15) is 0 Å². The number of carbonyl (C=O) groups is 1. The van der Waals surface area contributed by atoms with Crippen LogP contribution in [0.5, 0.6) is 0 Å². The minimum absolute atomic E-state index is 0.192. The van der Waals surface area contributed by atoms with Crippen LogP contribution in [0.2, 0.25) is 0 Å². The van der Waals surface area contributed by atoms with Crippen LogP contribution in [0.3, 0.4) is 0 Å². The van der Waals surface area contributed by atoms with Crippen LogP contribution in [0, 0.1) is 24.7 Å². The number of fused-ring (bicyclic) bond motifs is 3. The molecule has 3 heteroatoms. The second-order valence-electron chi connectivity index (χ2n) is 7.92. The quantitative estimate of drug-likeness (QED) is 0.863. The Bertz CT molecular complexity index is 598. The first kappa shape index (κ1) is 15.2. The number of nitrogens with two attached hydrogens (primary N) is 1. The third-order valence-corrected chi connectivity index (χ3v) is 6.38. The third-order valence-electron chi connectivity index (χ3n) is 6.38. The lowest BCUT2D eigenvalue weighted by Gasteiger charge is -2.45. The Morgan fingerprint density at radius 3 is 2.65 bits per heavy atom. The molecule has 1 aromatic carbocycles. The Morgan fingerprint density at radius 1 is 1.17 bits per heavy atom. The summed E-state index contributed by atoms with van der Waals surface area (Å²) < 4.78 is 0. The van der Waals surface area contributed by atoms with Gasteiger partial charge in [0, 0.05) is 24.2 Å². The summed E-state index contributed by atoms with van der Waals surface area (Å²) in [5.41, 5.74) is 10.2. The molecule has 0 radical (unpaired) electrons. The fraction of sp³-hybridized carbons (Fsp3) is 0.650. The van der Waals surface area contributed by atoms with E-state index in [4.69, 9.17) is 5.73 Å². The summed E-state index contributed by atoms with van der Waals surface area (Å²) in [6.45, 7) is 3.01. The number of hydrogen-bond acceptors (Lipinski definition) is 2. The van der Waals surface area contributed by atoms with E-state index in [9.17, 15) is 4.79 Å². The van der Waals surface area contributed by atoms with Crippen molar-refractivity contribution in [3.05, 3.63) is 29.3 Å². The van der Waals surface area contributed by atoms with Gasteiger partial charge in [0.05, 0.1) is 0 Å². The normalized spacial score (nSPS) is 33.2. The smallest absolute Gasteiger partial charge is 0.230 e. The van der Waals surface area contributed by atoms with Gasteiger partial charge in [0.2, 0.25) is 5.91 Å². The highest BCUT2D eigenvalue weighted by atomic mass is 16.2. The first-order valence-electron chi connectivity index (χ1n) is 9.30. The number of nitrogens with zero attached hydrogens (tertiary/aromatic N) is 1. The maximum absolute atomic E-state index is 13.2. The molecule has 0 saturated heterocycles. The summed E-state index contributed by atoms with van der Waals surface area (Å²) in [6, 6.07) is 6.87. The van der Waals surface area contributed by atoms with Crippen LogP contribution in [-0.2, 0) is 11.2 Å². The predicted octanol–water partition coefficient (Wildman–Crippen LogP) is 3.43. The van der Waals surface area contributed by atoms with Crippen molar-refractivity contribution in [3.8, 4) is 0 Å². The zero-order valence-corrected chi connectivity index (χ0v) is 14.1. The molecule has 3 aliphatic rings. The van der Waals surface area contributed by atoms with Gasteiger partial charge < -0.3 is 10.6 Å². The molecular formula is C20H28N2O. The van der Waals surface area contributed by atoms with Crippen LogP contribution in [0.1, 0.15) is 49.7 Å². The Kier molecular flexibility index (Phi) is 3.92. The summed E-state index contributed by atoms with van der Waals surface area (Å²) in [7, 11) is 0. The number of carbonyl (C=O) groups excluding carboxylic acids is 1. The summed E-state index contributed by atoms with van der Waals surface area (Å²) in [6.07, 6.45) is 7.94. The van der Waals surface area contributed by atoms with E-state index in [-0.39, 0.29) is 5.92 Å². The van der Waals surface area contributed by atoms with Crippen LogP contribution in [-0.4, -0.2) is 18.5 Å². The zero-order chi connectivity index (χ0) is 16.0. The fourth-order valence-electron chi connectivity index (χ4n) is 5.17. The van der Waals surface area contributed by atoms with Gasteiger partial charge in [-0.3, -0.25) is 4.79 Å². The molecule has 4 rings (SSSR count). The van der Waals surface area contributed by atoms with Crippen molar-refractivity contribution in [1.29, 1.82) is 0 Å². The van der Waals surface area contributed by atoms with Crippen molar-refractivity contribution in [2.45, 2.75) is 57.9 Å². The Labute approximate surface area is 139 Å². The summed E-state index contributed by atoms with van der Waals surface area (Å²) in [5.74, 6) is 1.69. The van der Waals surface area contributed by atoms with Crippen molar-refractivity contribution in [2.24, 2.45) is 23.5 Å². The van der Waals surface area contributed by atoms with E-state index < -0.39 is 0 Å². The van der Waals surface area contributed by atoms with E-state index in [1.54, 1.807) is 0 Å². The standard InChI is InChI=1S/C20H28N2O/c1-13-7-8-18-14(10-13)6-3-9-22(18)20(23)17-11-15-4-2-5-16(12-17)19(15)21/h7-8,10,15-17,19H,2-6,9,11-12,21H2,1H3. The fourth-order valence-corrected chi connectivity index (χ4v) is 5.17. The molecule has 2 unspecified atom stereocenters. The number of anilines is 1. The monoisotopic (exact) mass is 312 g/mol. The van der Waals surface area contributed by atoms with Crippen LogP contribution in [0.4, 0.5) is 5.69 Å². The molecule has 3 nitrogen and oxygen atoms in total. The molecule has 1 amide bonds. The largest absolute Gasteiger partial charge is 0.327 e. The van der Waals surface area contributed by atoms with Crippen LogP contribution < -0.4 is 10.6 Å². The maximum Gasteiger partial charge on any atom is 0.230 e. The lowest BCUT2D eigenvalue weighted by atomic mass is 9.65. The van der Waals surface area contributed by atoms with Crippen molar-refractivity contribution in [1.82, 2.24) is 0 Å². The maximum atomic E-state index is 13.2. The molecule has 2 atom stereocenters. The zero-order valence-electron chi connectivity index (χ0n) is 14.1. The molecule has 2 fully saturated rings. The molecular weight excluding hydrogens is 284 g/mol. The molecule has 124 valence electrons. The average Bonchev–Trinajstić information content (AvgIpc) is 2.53. The van der Waals surface area contributed by atoms with Gasteiger partial charge in [-0.25, -0.2) is 0 Å². The Hall–Kier alpha value is -1.35. The highest BCUT2D eigenvalue weighted by Gasteiger charge is 2.42. The molecule has 2 aliphatic carbocycles. The van der Waals surface area contributed by atoms with E-state index in [2.05, 4.69) is 30.0 Å². The number of rotatable bonds is 1. The van der Waals surface area contributed by atoms with Gasteiger partial charge in [-0.1, -0.05) is 24.1 Å². The lowest BCUT2D eigenvalue weighted by Crippen LogP contribution is -2.50. The van der Waals surface area contributed by atoms with Crippen molar-refractivity contribution < 1.29 is 4.79 Å². The van der Waals surface area contributed by atoms with Gasteiger partial charge in [0.15, 0.2) is 0 Å². The SMILES string of the molecule is Cc1ccc2c(c1)CCCN2C(=O)C1CC2CCCC(C1)C2N. The number of amides is 1. The summed E-state index contributed by atoms with van der Waals surface area (Å²) in [5, 5.41) is 0. The van der Waals surface area contributed by atoms with Gasteiger partial charge in [-0.05, 0) is 68.9 Å². The van der Waals surface area contributed by atoms with Gasteiger partial charge in [0.25, 0.3) is 0 Å². The molecule has 1 aromatic rings. The molecule has 1 aliphatic heterocycles. The molecule has 2 saturated carbocycles. The van der Waals surface area contributed by atoms with Crippen molar-refractivity contribution in [3.63, 3.8) is 0 Å². The Balaban J connectivity index is 1.56. The summed E-state index contributed by atoms with van der Waals surface area (Å²) >= 11 is 0. The Morgan fingerprint density at radius 2 is 1.91 bits per heavy atom. The van der Waals surface area contributed by atoms with Crippen molar-refractivity contribution >= 4 is 11.6 Å². The minimum atomic E-state index is 0.192. The molecule has 23 heavy (non-hydrogen) atoms. The van der Waals surface area contributed by atoms with E-state index in [0.29, 0.717) is 23.8 Å².